The Bertz CT molecular complexity index is 1580. The Morgan fingerprint density at radius 2 is 2.02 bits per heavy atom. The van der Waals surface area contributed by atoms with Crippen LogP contribution in [0.5, 0.6) is 5.75 Å². The van der Waals surface area contributed by atoms with E-state index in [0.29, 0.717) is 29.1 Å². The normalized spacial score (nSPS) is 13.1. The fourth-order valence-electron chi connectivity index (χ4n) is 5.05. The fourth-order valence-corrected chi connectivity index (χ4v) is 5.05. The summed E-state index contributed by atoms with van der Waals surface area (Å²) in [6.45, 7) is 2.52. The van der Waals surface area contributed by atoms with Crippen LogP contribution in [0, 0.1) is 17.1 Å². The summed E-state index contributed by atoms with van der Waals surface area (Å²) in [4.78, 5) is 15.6. The van der Waals surface area contributed by atoms with Crippen LogP contribution in [0.1, 0.15) is 43.9 Å². The van der Waals surface area contributed by atoms with Gasteiger partial charge in [-0.2, -0.15) is 10.4 Å². The maximum Gasteiger partial charge on any atom is 0.255 e. The topological polar surface area (TPSA) is 97.3 Å². The van der Waals surface area contributed by atoms with Crippen LogP contribution in [0.4, 0.5) is 4.39 Å². The van der Waals surface area contributed by atoms with Crippen molar-refractivity contribution in [1.29, 1.82) is 5.26 Å². The van der Waals surface area contributed by atoms with Crippen LogP contribution in [0.3, 0.4) is 0 Å². The van der Waals surface area contributed by atoms with Crippen LogP contribution in [-0.4, -0.2) is 53.0 Å². The first-order valence-corrected chi connectivity index (χ1v) is 13.0. The smallest absolute Gasteiger partial charge is 0.255 e. The van der Waals surface area contributed by atoms with E-state index in [1.165, 1.54) is 24.3 Å². The van der Waals surface area contributed by atoms with Crippen molar-refractivity contribution in [3.05, 3.63) is 99.9 Å². The lowest BCUT2D eigenvalue weighted by atomic mass is 9.98. The minimum Gasteiger partial charge on any atom is -0.494 e. The van der Waals surface area contributed by atoms with Crippen molar-refractivity contribution in [2.45, 2.75) is 32.7 Å². The van der Waals surface area contributed by atoms with Gasteiger partial charge in [-0.05, 0) is 48.4 Å². The van der Waals surface area contributed by atoms with Crippen molar-refractivity contribution < 1.29 is 18.7 Å². The third-order valence-corrected chi connectivity index (χ3v) is 7.11. The van der Waals surface area contributed by atoms with Gasteiger partial charge in [-0.25, -0.2) is 4.39 Å². The van der Waals surface area contributed by atoms with Crippen LogP contribution in [0.15, 0.2) is 55.0 Å². The summed E-state index contributed by atoms with van der Waals surface area (Å²) in [5, 5.41) is 16.6. The van der Waals surface area contributed by atoms with Gasteiger partial charge in [-0.15, -0.1) is 0 Å². The molecule has 0 aliphatic carbocycles. The summed E-state index contributed by atoms with van der Waals surface area (Å²) in [5.41, 5.74) is 5.79. The molecular weight excluding hydrogens is 511 g/mol. The number of hydrogen-bond acceptors (Lipinski definition) is 6. The molecule has 4 aromatic rings. The van der Waals surface area contributed by atoms with Crippen molar-refractivity contribution in [3.8, 4) is 17.5 Å². The predicted molar refractivity (Wildman–Crippen MR) is 147 cm³/mol. The molecule has 3 heterocycles. The van der Waals surface area contributed by atoms with E-state index in [-0.39, 0.29) is 24.5 Å². The van der Waals surface area contributed by atoms with Gasteiger partial charge < -0.3 is 24.3 Å². The van der Waals surface area contributed by atoms with Crippen LogP contribution in [-0.2, 0) is 37.4 Å². The number of hydrogen-bond donors (Lipinski definition) is 1. The summed E-state index contributed by atoms with van der Waals surface area (Å²) < 4.78 is 29.2. The molecule has 9 nitrogen and oxygen atoms in total. The van der Waals surface area contributed by atoms with Gasteiger partial charge in [-0.3, -0.25) is 9.48 Å². The molecular formula is C30H31FN6O3. The van der Waals surface area contributed by atoms with Crippen molar-refractivity contribution >= 4 is 5.91 Å². The predicted octanol–water partition coefficient (Wildman–Crippen LogP) is 3.81. The van der Waals surface area contributed by atoms with E-state index in [4.69, 9.17) is 9.47 Å². The molecule has 2 aromatic heterocycles. The number of amides is 1. The monoisotopic (exact) mass is 542 g/mol. The van der Waals surface area contributed by atoms with E-state index >= 15 is 4.39 Å². The zero-order valence-corrected chi connectivity index (χ0v) is 22.8. The number of nitrogens with zero attached hydrogens (tertiary/aromatic N) is 5. The lowest BCUT2D eigenvalue weighted by molar-refractivity contribution is 0.0945. The third-order valence-electron chi connectivity index (χ3n) is 7.11. The molecule has 1 aliphatic heterocycles. The minimum atomic E-state index is -0.585. The molecule has 1 aliphatic rings. The standard InChI is InChI=1S/C30H31FN6O3/c1-35-10-9-22-5-4-20(12-23(22)17-35)16-37-18-25(26(34-37)19-39-2)30(38)33-14-24-27(6-7-28(40-3)29(24)31)36-11-8-21(13-32)15-36/h4-8,11-12,15,18H,9-10,14,16-17,19H2,1-3H3,(H,33,38). The van der Waals surface area contributed by atoms with Crippen LogP contribution >= 0.6 is 0 Å². The second kappa shape index (κ2) is 11.7. The number of nitriles is 1. The zero-order chi connectivity index (χ0) is 28.2. The molecule has 0 bridgehead atoms. The van der Waals surface area contributed by atoms with Crippen molar-refractivity contribution in [1.82, 2.24) is 24.6 Å². The van der Waals surface area contributed by atoms with Crippen LogP contribution in [0.25, 0.3) is 5.69 Å². The molecule has 0 radical (unpaired) electrons. The Kier molecular flexibility index (Phi) is 7.96. The number of rotatable bonds is 9. The van der Waals surface area contributed by atoms with Crippen molar-refractivity contribution in [2.75, 3.05) is 27.8 Å². The third kappa shape index (κ3) is 5.61. The maximum absolute atomic E-state index is 15.4. The first kappa shape index (κ1) is 27.1. The highest BCUT2D eigenvalue weighted by molar-refractivity contribution is 5.95. The average molecular weight is 543 g/mol. The van der Waals surface area contributed by atoms with Crippen LogP contribution < -0.4 is 10.1 Å². The summed E-state index contributed by atoms with van der Waals surface area (Å²) in [6, 6.07) is 13.4. The number of nitrogens with one attached hydrogen (secondary N) is 1. The summed E-state index contributed by atoms with van der Waals surface area (Å²) >= 11 is 0. The van der Waals surface area contributed by atoms with Gasteiger partial charge >= 0.3 is 0 Å². The number of methoxy groups -OCH3 is 2. The Hall–Kier alpha value is -4.46. The number of carbonyl (C=O) groups is 1. The van der Waals surface area contributed by atoms with Gasteiger partial charge in [-0.1, -0.05) is 18.2 Å². The van der Waals surface area contributed by atoms with Gasteiger partial charge in [0, 0.05) is 50.9 Å². The second-order valence-electron chi connectivity index (χ2n) is 9.89. The van der Waals surface area contributed by atoms with E-state index in [9.17, 15) is 10.1 Å². The largest absolute Gasteiger partial charge is 0.494 e. The van der Waals surface area contributed by atoms with E-state index in [0.717, 1.165) is 25.1 Å². The molecule has 5 rings (SSSR count). The first-order valence-electron chi connectivity index (χ1n) is 13.0. The van der Waals surface area contributed by atoms with Crippen molar-refractivity contribution in [2.24, 2.45) is 0 Å². The Morgan fingerprint density at radius 1 is 1.18 bits per heavy atom. The molecule has 40 heavy (non-hydrogen) atoms. The number of benzene rings is 2. The fraction of sp³-hybridized carbons (Fsp3) is 0.300. The Morgan fingerprint density at radius 3 is 2.77 bits per heavy atom. The molecule has 1 amide bonds. The molecule has 1 N–H and O–H groups in total. The van der Waals surface area contributed by atoms with Gasteiger partial charge in [0.2, 0.25) is 0 Å². The van der Waals surface area contributed by atoms with E-state index in [1.54, 1.807) is 47.1 Å². The molecule has 0 atom stereocenters. The van der Waals surface area contributed by atoms with Gasteiger partial charge in [0.1, 0.15) is 11.8 Å². The highest BCUT2D eigenvalue weighted by Gasteiger charge is 2.21. The zero-order valence-electron chi connectivity index (χ0n) is 22.8. The van der Waals surface area contributed by atoms with E-state index in [1.807, 2.05) is 0 Å². The quantitative estimate of drug-likeness (QED) is 0.346. The molecule has 206 valence electrons. The number of carbonyl (C=O) groups excluding carboxylic acids is 1. The van der Waals surface area contributed by atoms with E-state index in [2.05, 4.69) is 46.6 Å². The Balaban J connectivity index is 1.37. The summed E-state index contributed by atoms with van der Waals surface area (Å²) in [7, 11) is 5.05. The number of halogens is 1. The molecule has 10 heteroatoms. The second-order valence-corrected chi connectivity index (χ2v) is 9.89. The first-order chi connectivity index (χ1) is 19.4. The maximum atomic E-state index is 15.4. The van der Waals surface area contributed by atoms with Gasteiger partial charge in [0.15, 0.2) is 11.6 Å². The molecule has 0 unspecified atom stereocenters. The molecule has 0 spiro atoms. The van der Waals surface area contributed by atoms with Gasteiger partial charge in [0.25, 0.3) is 5.91 Å². The number of ether oxygens (including phenoxy) is 2. The number of likely N-dealkylation sites (N-methyl/N-ethyl adjacent to an activating group) is 1. The molecule has 0 saturated carbocycles. The average Bonchev–Trinajstić information content (AvgIpc) is 3.59. The van der Waals surface area contributed by atoms with E-state index < -0.39 is 11.7 Å². The van der Waals surface area contributed by atoms with Crippen LogP contribution in [0.2, 0.25) is 0 Å². The minimum absolute atomic E-state index is 0.0600. The highest BCUT2D eigenvalue weighted by atomic mass is 19.1. The lowest BCUT2D eigenvalue weighted by Crippen LogP contribution is -2.26. The Labute approximate surface area is 232 Å². The number of fused-ring (bicyclic) bond motifs is 1. The number of aromatic nitrogens is 3. The van der Waals surface area contributed by atoms with Crippen molar-refractivity contribution in [3.63, 3.8) is 0 Å². The highest BCUT2D eigenvalue weighted by Crippen LogP contribution is 2.27. The molecule has 0 fully saturated rings. The molecule has 0 saturated heterocycles. The lowest BCUT2D eigenvalue weighted by Gasteiger charge is -2.25. The SMILES string of the molecule is COCc1nn(Cc2ccc3c(c2)CN(C)CC3)cc1C(=O)NCc1c(-n2ccc(C#N)c2)ccc(OC)c1F. The molecule has 2 aromatic carbocycles. The summed E-state index contributed by atoms with van der Waals surface area (Å²) in [6.07, 6.45) is 6.01. The van der Waals surface area contributed by atoms with Gasteiger partial charge in [0.05, 0.1) is 37.1 Å². The summed E-state index contributed by atoms with van der Waals surface area (Å²) in [5.74, 6) is -0.924.